The highest BCUT2D eigenvalue weighted by molar-refractivity contribution is 7.98. The lowest BCUT2D eigenvalue weighted by Crippen LogP contribution is -2.46. The van der Waals surface area contributed by atoms with Crippen LogP contribution in [0.4, 0.5) is 15.9 Å². The number of hydrogen-bond acceptors (Lipinski definition) is 5. The van der Waals surface area contributed by atoms with Crippen molar-refractivity contribution in [3.63, 3.8) is 0 Å². The SMILES string of the molecule is Cc1ccccc1CSc1cc(N2CCN(c3ccc(F)cc3)CC2)ncn1. The molecule has 2 heterocycles. The zero-order chi connectivity index (χ0) is 19.3. The van der Waals surface area contributed by atoms with Crippen LogP contribution < -0.4 is 9.80 Å². The third kappa shape index (κ3) is 4.44. The number of aromatic nitrogens is 2. The largest absolute Gasteiger partial charge is 0.368 e. The average molecular weight is 395 g/mol. The molecule has 4 rings (SSSR count). The summed E-state index contributed by atoms with van der Waals surface area (Å²) in [7, 11) is 0. The van der Waals surface area contributed by atoms with Gasteiger partial charge in [0.1, 0.15) is 23.0 Å². The first-order valence-corrected chi connectivity index (χ1v) is 10.4. The molecule has 0 atom stereocenters. The van der Waals surface area contributed by atoms with Crippen molar-refractivity contribution in [2.75, 3.05) is 36.0 Å². The molecular formula is C22H23FN4S. The van der Waals surface area contributed by atoms with Crippen molar-refractivity contribution in [2.45, 2.75) is 17.7 Å². The molecule has 1 aliphatic heterocycles. The number of piperazine rings is 1. The minimum absolute atomic E-state index is 0.195. The highest BCUT2D eigenvalue weighted by atomic mass is 32.2. The van der Waals surface area contributed by atoms with Gasteiger partial charge in [0, 0.05) is 43.7 Å². The van der Waals surface area contributed by atoms with E-state index in [2.05, 4.69) is 57.0 Å². The molecule has 0 saturated carbocycles. The van der Waals surface area contributed by atoms with E-state index in [1.54, 1.807) is 18.1 Å². The standard InChI is InChI=1S/C22H23FN4S/c1-17-4-2-3-5-18(17)15-28-22-14-21(24-16-25-22)27-12-10-26(11-13-27)20-8-6-19(23)7-9-20/h2-9,14,16H,10-13,15H2,1H3. The Kier molecular flexibility index (Phi) is 5.76. The predicted molar refractivity (Wildman–Crippen MR) is 114 cm³/mol. The quantitative estimate of drug-likeness (QED) is 0.468. The molecule has 4 nitrogen and oxygen atoms in total. The molecule has 1 fully saturated rings. The Balaban J connectivity index is 1.37. The van der Waals surface area contributed by atoms with E-state index in [1.165, 1.54) is 23.3 Å². The van der Waals surface area contributed by atoms with E-state index in [0.29, 0.717) is 0 Å². The van der Waals surface area contributed by atoms with Gasteiger partial charge in [0.2, 0.25) is 0 Å². The summed E-state index contributed by atoms with van der Waals surface area (Å²) in [5, 5.41) is 0.995. The van der Waals surface area contributed by atoms with E-state index in [1.807, 2.05) is 12.1 Å². The molecule has 1 saturated heterocycles. The van der Waals surface area contributed by atoms with E-state index < -0.39 is 0 Å². The summed E-state index contributed by atoms with van der Waals surface area (Å²) in [6.07, 6.45) is 1.65. The zero-order valence-electron chi connectivity index (χ0n) is 15.9. The first-order valence-electron chi connectivity index (χ1n) is 9.44. The summed E-state index contributed by atoms with van der Waals surface area (Å²) in [5.74, 6) is 1.68. The van der Waals surface area contributed by atoms with E-state index in [-0.39, 0.29) is 5.82 Å². The van der Waals surface area contributed by atoms with Gasteiger partial charge in [0.25, 0.3) is 0 Å². The van der Waals surface area contributed by atoms with Crippen molar-refractivity contribution in [3.05, 3.63) is 77.9 Å². The summed E-state index contributed by atoms with van der Waals surface area (Å²) in [4.78, 5) is 13.5. The third-order valence-electron chi connectivity index (χ3n) is 5.06. The average Bonchev–Trinajstić information content (AvgIpc) is 2.74. The Labute approximate surface area is 169 Å². The maximum atomic E-state index is 13.1. The summed E-state index contributed by atoms with van der Waals surface area (Å²) >= 11 is 1.74. The van der Waals surface area contributed by atoms with Gasteiger partial charge in [0.05, 0.1) is 0 Å². The van der Waals surface area contributed by atoms with Crippen LogP contribution >= 0.6 is 11.8 Å². The van der Waals surface area contributed by atoms with Crippen LogP contribution in [-0.4, -0.2) is 36.1 Å². The van der Waals surface area contributed by atoms with Gasteiger partial charge < -0.3 is 9.80 Å². The van der Waals surface area contributed by atoms with Gasteiger partial charge in [-0.1, -0.05) is 24.3 Å². The summed E-state index contributed by atoms with van der Waals surface area (Å²) in [6.45, 7) is 5.69. The van der Waals surface area contributed by atoms with E-state index in [9.17, 15) is 4.39 Å². The molecule has 0 N–H and O–H groups in total. The van der Waals surface area contributed by atoms with Gasteiger partial charge in [-0.05, 0) is 42.3 Å². The second kappa shape index (κ2) is 8.61. The molecule has 0 bridgehead atoms. The van der Waals surface area contributed by atoms with Crippen LogP contribution in [-0.2, 0) is 5.75 Å². The highest BCUT2D eigenvalue weighted by Gasteiger charge is 2.19. The second-order valence-corrected chi connectivity index (χ2v) is 7.88. The lowest BCUT2D eigenvalue weighted by Gasteiger charge is -2.36. The summed E-state index contributed by atoms with van der Waals surface area (Å²) < 4.78 is 13.1. The maximum absolute atomic E-state index is 13.1. The van der Waals surface area contributed by atoms with Crippen molar-refractivity contribution in [3.8, 4) is 0 Å². The number of benzene rings is 2. The fraction of sp³-hybridized carbons (Fsp3) is 0.273. The molecule has 6 heteroatoms. The third-order valence-corrected chi connectivity index (χ3v) is 6.03. The van der Waals surface area contributed by atoms with Gasteiger partial charge in [0.15, 0.2) is 0 Å². The fourth-order valence-corrected chi connectivity index (χ4v) is 4.29. The first-order chi connectivity index (χ1) is 13.7. The second-order valence-electron chi connectivity index (χ2n) is 6.88. The van der Waals surface area contributed by atoms with Crippen molar-refractivity contribution in [2.24, 2.45) is 0 Å². The zero-order valence-corrected chi connectivity index (χ0v) is 16.7. The van der Waals surface area contributed by atoms with Crippen LogP contribution in [0.2, 0.25) is 0 Å². The molecule has 0 spiro atoms. The monoisotopic (exact) mass is 394 g/mol. The number of thioether (sulfide) groups is 1. The fourth-order valence-electron chi connectivity index (χ4n) is 3.35. The van der Waals surface area contributed by atoms with Crippen molar-refractivity contribution in [1.82, 2.24) is 9.97 Å². The molecule has 2 aromatic carbocycles. The molecule has 0 aliphatic carbocycles. The molecule has 28 heavy (non-hydrogen) atoms. The van der Waals surface area contributed by atoms with Crippen LogP contribution in [0.25, 0.3) is 0 Å². The van der Waals surface area contributed by atoms with E-state index in [4.69, 9.17) is 0 Å². The lowest BCUT2D eigenvalue weighted by molar-refractivity contribution is 0.624. The smallest absolute Gasteiger partial charge is 0.133 e. The highest BCUT2D eigenvalue weighted by Crippen LogP contribution is 2.26. The Morgan fingerprint density at radius 3 is 2.39 bits per heavy atom. The number of rotatable bonds is 5. The van der Waals surface area contributed by atoms with Gasteiger partial charge >= 0.3 is 0 Å². The molecule has 1 aliphatic rings. The number of hydrogen-bond donors (Lipinski definition) is 0. The van der Waals surface area contributed by atoms with Crippen LogP contribution in [0.15, 0.2) is 66.0 Å². The van der Waals surface area contributed by atoms with Crippen LogP contribution in [0, 0.1) is 12.7 Å². The molecule has 0 radical (unpaired) electrons. The van der Waals surface area contributed by atoms with Crippen molar-refractivity contribution >= 4 is 23.3 Å². The van der Waals surface area contributed by atoms with E-state index >= 15 is 0 Å². The normalized spacial score (nSPS) is 14.4. The molecule has 3 aromatic rings. The molecule has 144 valence electrons. The van der Waals surface area contributed by atoms with Crippen LogP contribution in [0.1, 0.15) is 11.1 Å². The summed E-state index contributed by atoms with van der Waals surface area (Å²) in [6, 6.07) is 17.3. The maximum Gasteiger partial charge on any atom is 0.133 e. The number of anilines is 2. The number of nitrogens with zero attached hydrogens (tertiary/aromatic N) is 4. The summed E-state index contributed by atoms with van der Waals surface area (Å²) in [5.41, 5.74) is 3.71. The lowest BCUT2D eigenvalue weighted by atomic mass is 10.1. The first kappa shape index (κ1) is 18.7. The van der Waals surface area contributed by atoms with E-state index in [0.717, 1.165) is 48.5 Å². The topological polar surface area (TPSA) is 32.3 Å². The Bertz CT molecular complexity index is 924. The van der Waals surface area contributed by atoms with Gasteiger partial charge in [-0.3, -0.25) is 0 Å². The molecular weight excluding hydrogens is 371 g/mol. The minimum atomic E-state index is -0.195. The number of aryl methyl sites for hydroxylation is 1. The van der Waals surface area contributed by atoms with Crippen molar-refractivity contribution in [1.29, 1.82) is 0 Å². The molecule has 1 aromatic heterocycles. The van der Waals surface area contributed by atoms with Gasteiger partial charge in [-0.2, -0.15) is 0 Å². The Morgan fingerprint density at radius 1 is 0.929 bits per heavy atom. The molecule has 0 amide bonds. The minimum Gasteiger partial charge on any atom is -0.368 e. The van der Waals surface area contributed by atoms with Crippen LogP contribution in [0.3, 0.4) is 0 Å². The van der Waals surface area contributed by atoms with Gasteiger partial charge in [-0.25, -0.2) is 14.4 Å². The number of halogens is 1. The molecule has 0 unspecified atom stereocenters. The Hall–Kier alpha value is -2.60. The Morgan fingerprint density at radius 2 is 1.64 bits per heavy atom. The predicted octanol–water partition coefficient (Wildman–Crippen LogP) is 4.54. The van der Waals surface area contributed by atoms with Crippen LogP contribution in [0.5, 0.6) is 0 Å². The van der Waals surface area contributed by atoms with Crippen molar-refractivity contribution < 1.29 is 4.39 Å². The van der Waals surface area contributed by atoms with Gasteiger partial charge in [-0.15, -0.1) is 11.8 Å².